The van der Waals surface area contributed by atoms with E-state index in [2.05, 4.69) is 10.6 Å². The molecule has 0 aromatic heterocycles. The number of aliphatic carboxylic acids is 1. The summed E-state index contributed by atoms with van der Waals surface area (Å²) in [6, 6.07) is -1.62. The Morgan fingerprint density at radius 1 is 1.05 bits per heavy atom. The third-order valence-corrected chi connectivity index (χ3v) is 3.61. The Morgan fingerprint density at radius 2 is 1.64 bits per heavy atom. The van der Waals surface area contributed by atoms with Gasteiger partial charge in [0.25, 0.3) is 0 Å². The van der Waals surface area contributed by atoms with Gasteiger partial charge in [0.05, 0.1) is 0 Å². The van der Waals surface area contributed by atoms with E-state index in [0.29, 0.717) is 25.7 Å². The molecule has 0 saturated heterocycles. The molecule has 3 N–H and O–H groups in total. The number of amides is 2. The van der Waals surface area contributed by atoms with Crippen molar-refractivity contribution < 1.29 is 19.5 Å². The summed E-state index contributed by atoms with van der Waals surface area (Å²) in [6.07, 6.45) is 2.19. The van der Waals surface area contributed by atoms with E-state index in [-0.39, 0.29) is 17.7 Å². The monoisotopic (exact) mass is 314 g/mol. The molecule has 0 saturated carbocycles. The van der Waals surface area contributed by atoms with Gasteiger partial charge in [0.2, 0.25) is 11.8 Å². The first-order valence-electron chi connectivity index (χ1n) is 8.05. The number of hydrogen-bond acceptors (Lipinski definition) is 3. The van der Waals surface area contributed by atoms with Crippen LogP contribution in [0.1, 0.15) is 60.3 Å². The van der Waals surface area contributed by atoms with Gasteiger partial charge in [-0.25, -0.2) is 4.79 Å². The molecule has 0 fully saturated rings. The number of carbonyl (C=O) groups excluding carboxylic acids is 2. The van der Waals surface area contributed by atoms with E-state index in [0.717, 1.165) is 0 Å². The summed E-state index contributed by atoms with van der Waals surface area (Å²) in [7, 11) is 0. The van der Waals surface area contributed by atoms with Gasteiger partial charge in [0.1, 0.15) is 12.1 Å². The summed E-state index contributed by atoms with van der Waals surface area (Å²) >= 11 is 0. The summed E-state index contributed by atoms with van der Waals surface area (Å²) in [5, 5.41) is 14.5. The number of rotatable bonds is 10. The fourth-order valence-corrected chi connectivity index (χ4v) is 2.13. The molecule has 0 aliphatic carbocycles. The number of nitrogens with one attached hydrogen (secondary N) is 2. The van der Waals surface area contributed by atoms with Crippen molar-refractivity contribution in [3.63, 3.8) is 0 Å². The Morgan fingerprint density at radius 3 is 2.05 bits per heavy atom. The Labute approximate surface area is 133 Å². The second-order valence-corrected chi connectivity index (χ2v) is 6.21. The molecular weight excluding hydrogens is 284 g/mol. The van der Waals surface area contributed by atoms with Crippen molar-refractivity contribution in [3.8, 4) is 0 Å². The van der Waals surface area contributed by atoms with Gasteiger partial charge in [0.15, 0.2) is 0 Å². The van der Waals surface area contributed by atoms with Crippen LogP contribution in [-0.2, 0) is 14.4 Å². The minimum atomic E-state index is -1.05. The van der Waals surface area contributed by atoms with Crippen molar-refractivity contribution in [2.45, 2.75) is 72.4 Å². The molecule has 3 atom stereocenters. The van der Waals surface area contributed by atoms with Gasteiger partial charge in [-0.1, -0.05) is 41.0 Å². The molecule has 0 rings (SSSR count). The molecule has 2 amide bonds. The molecule has 6 heteroatoms. The van der Waals surface area contributed by atoms with Crippen molar-refractivity contribution in [1.82, 2.24) is 10.6 Å². The van der Waals surface area contributed by atoms with Crippen LogP contribution in [0.4, 0.5) is 0 Å². The molecule has 0 aliphatic rings. The molecule has 0 radical (unpaired) electrons. The maximum absolute atomic E-state index is 12.4. The molecule has 0 spiro atoms. The van der Waals surface area contributed by atoms with Gasteiger partial charge >= 0.3 is 5.97 Å². The summed E-state index contributed by atoms with van der Waals surface area (Å²) in [5.41, 5.74) is 0. The Kier molecular flexibility index (Phi) is 9.45. The lowest BCUT2D eigenvalue weighted by Gasteiger charge is -2.25. The summed E-state index contributed by atoms with van der Waals surface area (Å²) in [6.45, 7) is 9.46. The molecule has 6 nitrogen and oxygen atoms in total. The predicted octanol–water partition coefficient (Wildman–Crippen LogP) is 1.93. The van der Waals surface area contributed by atoms with Gasteiger partial charge in [-0.3, -0.25) is 9.59 Å². The second kappa shape index (κ2) is 10.2. The van der Waals surface area contributed by atoms with Gasteiger partial charge in [-0.05, 0) is 24.7 Å². The summed E-state index contributed by atoms with van der Waals surface area (Å²) < 4.78 is 0. The minimum Gasteiger partial charge on any atom is -0.480 e. The van der Waals surface area contributed by atoms with Crippen molar-refractivity contribution in [2.24, 2.45) is 11.8 Å². The van der Waals surface area contributed by atoms with Crippen LogP contribution in [0.2, 0.25) is 0 Å². The van der Waals surface area contributed by atoms with Crippen LogP contribution in [0.3, 0.4) is 0 Å². The SMILES string of the molecule is CCCC(=O)NC(CC(C)C)C(=O)NC(C(=O)O)C(C)CC. The van der Waals surface area contributed by atoms with Gasteiger partial charge < -0.3 is 15.7 Å². The lowest BCUT2D eigenvalue weighted by molar-refractivity contribution is -0.143. The maximum atomic E-state index is 12.4. The molecule has 3 unspecified atom stereocenters. The van der Waals surface area contributed by atoms with Gasteiger partial charge in [0, 0.05) is 6.42 Å². The highest BCUT2D eigenvalue weighted by Crippen LogP contribution is 2.10. The van der Waals surface area contributed by atoms with Crippen molar-refractivity contribution in [1.29, 1.82) is 0 Å². The first-order chi connectivity index (χ1) is 10.2. The van der Waals surface area contributed by atoms with Crippen LogP contribution in [-0.4, -0.2) is 35.0 Å². The van der Waals surface area contributed by atoms with E-state index in [1.807, 2.05) is 27.7 Å². The normalized spacial score (nSPS) is 15.0. The standard InChI is InChI=1S/C16H30N2O4/c1-6-8-13(19)17-12(9-10(3)4)15(20)18-14(16(21)22)11(5)7-2/h10-12,14H,6-9H2,1-5H3,(H,17,19)(H,18,20)(H,21,22). The molecule has 0 aliphatic heterocycles. The number of hydrogen-bond donors (Lipinski definition) is 3. The lowest BCUT2D eigenvalue weighted by atomic mass is 9.97. The van der Waals surface area contributed by atoms with E-state index in [1.165, 1.54) is 0 Å². The Bertz CT molecular complexity index is 382. The quantitative estimate of drug-likeness (QED) is 0.574. The lowest BCUT2D eigenvalue weighted by Crippen LogP contribution is -2.53. The zero-order valence-corrected chi connectivity index (χ0v) is 14.3. The summed E-state index contributed by atoms with van der Waals surface area (Å²) in [4.78, 5) is 35.4. The average molecular weight is 314 g/mol. The number of carbonyl (C=O) groups is 3. The number of carboxylic acid groups (broad SMARTS) is 1. The van der Waals surface area contributed by atoms with Crippen LogP contribution in [0.25, 0.3) is 0 Å². The Hall–Kier alpha value is -1.59. The van der Waals surface area contributed by atoms with Crippen LogP contribution in [0.15, 0.2) is 0 Å². The third-order valence-electron chi connectivity index (χ3n) is 3.61. The first kappa shape index (κ1) is 20.4. The van der Waals surface area contributed by atoms with Crippen LogP contribution in [0.5, 0.6) is 0 Å². The third kappa shape index (κ3) is 7.43. The molecule has 0 bridgehead atoms. The highest BCUT2D eigenvalue weighted by molar-refractivity contribution is 5.90. The van der Waals surface area contributed by atoms with Crippen molar-refractivity contribution in [3.05, 3.63) is 0 Å². The van der Waals surface area contributed by atoms with Crippen LogP contribution >= 0.6 is 0 Å². The highest BCUT2D eigenvalue weighted by Gasteiger charge is 2.29. The fraction of sp³-hybridized carbons (Fsp3) is 0.812. The van der Waals surface area contributed by atoms with E-state index in [9.17, 15) is 19.5 Å². The summed E-state index contributed by atoms with van der Waals surface area (Å²) in [5.74, 6) is -1.62. The first-order valence-corrected chi connectivity index (χ1v) is 8.05. The highest BCUT2D eigenvalue weighted by atomic mass is 16.4. The van der Waals surface area contributed by atoms with Gasteiger partial charge in [-0.2, -0.15) is 0 Å². The minimum absolute atomic E-state index is 0.174. The Balaban J connectivity index is 4.93. The van der Waals surface area contributed by atoms with Crippen LogP contribution in [0, 0.1) is 11.8 Å². The molecule has 0 aromatic rings. The zero-order valence-electron chi connectivity index (χ0n) is 14.3. The zero-order chi connectivity index (χ0) is 17.3. The van der Waals surface area contributed by atoms with Crippen molar-refractivity contribution >= 4 is 17.8 Å². The average Bonchev–Trinajstić information content (AvgIpc) is 2.42. The molecular formula is C16H30N2O4. The number of carboxylic acids is 1. The van der Waals surface area contributed by atoms with Gasteiger partial charge in [-0.15, -0.1) is 0 Å². The molecule has 128 valence electrons. The predicted molar refractivity (Wildman–Crippen MR) is 85.3 cm³/mol. The molecule has 0 heterocycles. The van der Waals surface area contributed by atoms with Crippen LogP contribution < -0.4 is 10.6 Å². The fourth-order valence-electron chi connectivity index (χ4n) is 2.13. The topological polar surface area (TPSA) is 95.5 Å². The van der Waals surface area contributed by atoms with E-state index >= 15 is 0 Å². The smallest absolute Gasteiger partial charge is 0.326 e. The molecule has 22 heavy (non-hydrogen) atoms. The second-order valence-electron chi connectivity index (χ2n) is 6.21. The van der Waals surface area contributed by atoms with Crippen molar-refractivity contribution in [2.75, 3.05) is 0 Å². The molecule has 0 aromatic carbocycles. The maximum Gasteiger partial charge on any atom is 0.326 e. The van der Waals surface area contributed by atoms with E-state index < -0.39 is 24.0 Å². The van der Waals surface area contributed by atoms with E-state index in [4.69, 9.17) is 0 Å². The largest absolute Gasteiger partial charge is 0.480 e. The van der Waals surface area contributed by atoms with E-state index in [1.54, 1.807) is 6.92 Å².